The van der Waals surface area contributed by atoms with Gasteiger partial charge in [0.1, 0.15) is 12.3 Å². The molecule has 0 N–H and O–H groups in total. The molecule has 1 aromatic heterocycles. The Kier molecular flexibility index (Phi) is 6.07. The minimum Gasteiger partial charge on any atom is -0.496 e. The summed E-state index contributed by atoms with van der Waals surface area (Å²) in [6.45, 7) is 3.68. The van der Waals surface area contributed by atoms with E-state index in [1.165, 1.54) is 0 Å². The van der Waals surface area contributed by atoms with Crippen molar-refractivity contribution < 1.29 is 14.3 Å². The summed E-state index contributed by atoms with van der Waals surface area (Å²) < 4.78 is 7.54. The number of hydrogen-bond donors (Lipinski definition) is 0. The Labute approximate surface area is 182 Å². The van der Waals surface area contributed by atoms with Crippen LogP contribution in [0.25, 0.3) is 0 Å². The predicted octanol–water partition coefficient (Wildman–Crippen LogP) is 3.59. The largest absolute Gasteiger partial charge is 0.496 e. The van der Waals surface area contributed by atoms with Gasteiger partial charge in [-0.05, 0) is 36.8 Å². The van der Waals surface area contributed by atoms with Gasteiger partial charge in [-0.25, -0.2) is 0 Å². The van der Waals surface area contributed by atoms with Crippen molar-refractivity contribution in [3.05, 3.63) is 89.7 Å². The number of hydrogen-bond acceptors (Lipinski definition) is 3. The number of carbonyl (C=O) groups excluding carboxylic acids is 2. The third-order valence-electron chi connectivity index (χ3n) is 5.81. The van der Waals surface area contributed by atoms with Crippen LogP contribution < -0.4 is 4.74 Å². The van der Waals surface area contributed by atoms with E-state index in [2.05, 4.69) is 16.8 Å². The molecule has 31 heavy (non-hydrogen) atoms. The van der Waals surface area contributed by atoms with E-state index >= 15 is 0 Å². The zero-order chi connectivity index (χ0) is 21.8. The number of nitrogens with zero attached hydrogens (tertiary/aromatic N) is 3. The van der Waals surface area contributed by atoms with Crippen molar-refractivity contribution in [1.29, 1.82) is 0 Å². The molecule has 1 atom stereocenters. The fraction of sp³-hybridized carbons (Fsp3) is 0.280. The lowest BCUT2D eigenvalue weighted by molar-refractivity contribution is -0.134. The van der Waals surface area contributed by atoms with Gasteiger partial charge in [0.15, 0.2) is 0 Å². The average Bonchev–Trinajstić information content (AvgIpc) is 3.30. The van der Waals surface area contributed by atoms with Gasteiger partial charge in [0.25, 0.3) is 5.91 Å². The quantitative estimate of drug-likeness (QED) is 0.616. The molecule has 6 nitrogen and oxygen atoms in total. The number of likely N-dealkylation sites (N-methyl/N-ethyl adjacent to an activating group) is 1. The van der Waals surface area contributed by atoms with Crippen LogP contribution >= 0.6 is 0 Å². The molecule has 0 saturated heterocycles. The van der Waals surface area contributed by atoms with Crippen molar-refractivity contribution >= 4 is 11.8 Å². The van der Waals surface area contributed by atoms with Gasteiger partial charge >= 0.3 is 0 Å². The molecule has 2 aromatic carbocycles. The molecule has 6 heteroatoms. The van der Waals surface area contributed by atoms with Crippen LogP contribution in [0.4, 0.5) is 0 Å². The highest BCUT2D eigenvalue weighted by molar-refractivity contribution is 5.98. The molecule has 2 amide bonds. The Morgan fingerprint density at radius 2 is 1.74 bits per heavy atom. The Bertz CT molecular complexity index is 1060. The summed E-state index contributed by atoms with van der Waals surface area (Å²) in [5.74, 6) is 0.243. The van der Waals surface area contributed by atoms with E-state index in [4.69, 9.17) is 4.74 Å². The summed E-state index contributed by atoms with van der Waals surface area (Å²) in [6.07, 6.45) is 2.05. The Morgan fingerprint density at radius 1 is 1.00 bits per heavy atom. The van der Waals surface area contributed by atoms with Crippen molar-refractivity contribution in [2.24, 2.45) is 0 Å². The third-order valence-corrected chi connectivity index (χ3v) is 5.81. The number of rotatable bonds is 6. The molecule has 0 aliphatic carbocycles. The van der Waals surface area contributed by atoms with Gasteiger partial charge in [-0.2, -0.15) is 0 Å². The highest BCUT2D eigenvalue weighted by Gasteiger charge is 2.33. The molecule has 4 rings (SSSR count). The second kappa shape index (κ2) is 9.08. The Morgan fingerprint density at radius 3 is 2.48 bits per heavy atom. The first-order valence-electron chi connectivity index (χ1n) is 10.6. The van der Waals surface area contributed by atoms with E-state index in [0.29, 0.717) is 24.4 Å². The molecule has 2 heterocycles. The van der Waals surface area contributed by atoms with Gasteiger partial charge in [-0.3, -0.25) is 9.59 Å². The molecule has 1 unspecified atom stereocenters. The lowest BCUT2D eigenvalue weighted by atomic mass is 10.00. The molecule has 160 valence electrons. The Hall–Kier alpha value is -3.54. The van der Waals surface area contributed by atoms with E-state index in [9.17, 15) is 9.59 Å². The van der Waals surface area contributed by atoms with Gasteiger partial charge in [0, 0.05) is 31.5 Å². The molecule has 0 bridgehead atoms. The van der Waals surface area contributed by atoms with Crippen LogP contribution in [0.3, 0.4) is 0 Å². The van der Waals surface area contributed by atoms with Crippen molar-refractivity contribution in [1.82, 2.24) is 14.4 Å². The van der Waals surface area contributed by atoms with Crippen LogP contribution in [0.15, 0.2) is 72.9 Å². The first-order chi connectivity index (χ1) is 15.1. The van der Waals surface area contributed by atoms with E-state index in [1.807, 2.05) is 54.3 Å². The van der Waals surface area contributed by atoms with E-state index in [-0.39, 0.29) is 24.4 Å². The van der Waals surface area contributed by atoms with Crippen LogP contribution in [0.1, 0.15) is 34.6 Å². The smallest absolute Gasteiger partial charge is 0.258 e. The highest BCUT2D eigenvalue weighted by atomic mass is 16.5. The number of para-hydroxylation sites is 1. The van der Waals surface area contributed by atoms with Gasteiger partial charge in [-0.15, -0.1) is 0 Å². The van der Waals surface area contributed by atoms with Gasteiger partial charge in [0.05, 0.1) is 18.7 Å². The molecule has 0 fully saturated rings. The normalized spacial score (nSPS) is 15.3. The second-order valence-electron chi connectivity index (χ2n) is 7.55. The fourth-order valence-corrected chi connectivity index (χ4v) is 4.21. The van der Waals surface area contributed by atoms with Crippen molar-refractivity contribution in [2.75, 3.05) is 26.7 Å². The number of amides is 2. The molecule has 0 saturated carbocycles. The van der Waals surface area contributed by atoms with Gasteiger partial charge in [-0.1, -0.05) is 42.5 Å². The lowest BCUT2D eigenvalue weighted by Gasteiger charge is -2.38. The average molecular weight is 418 g/mol. The zero-order valence-corrected chi connectivity index (χ0v) is 17.9. The summed E-state index contributed by atoms with van der Waals surface area (Å²) in [5.41, 5.74) is 2.62. The topological polar surface area (TPSA) is 54.8 Å². The molecule has 1 aliphatic rings. The maximum absolute atomic E-state index is 13.5. The first-order valence-corrected chi connectivity index (χ1v) is 10.6. The monoisotopic (exact) mass is 417 g/mol. The maximum atomic E-state index is 13.5. The van der Waals surface area contributed by atoms with Crippen LogP contribution in [-0.2, 0) is 11.3 Å². The molecule has 0 spiro atoms. The summed E-state index contributed by atoms with van der Waals surface area (Å²) in [4.78, 5) is 30.1. The number of carbonyl (C=O) groups is 2. The summed E-state index contributed by atoms with van der Waals surface area (Å²) in [6, 6.07) is 21.1. The number of ether oxygens (including phenoxy) is 1. The standard InChI is InChI=1S/C25H27N3O3/c1-3-26(25(30)20-12-7-8-14-22(20)31-2)18-23(29)28-17-16-27-15-9-13-21(27)24(28)19-10-5-4-6-11-19/h4-15,24H,3,16-18H2,1-2H3. The Balaban J connectivity index is 1.59. The minimum absolute atomic E-state index is 0.0252. The third kappa shape index (κ3) is 4.06. The number of fused-ring (bicyclic) bond motifs is 1. The van der Waals surface area contributed by atoms with Crippen molar-refractivity contribution in [2.45, 2.75) is 19.5 Å². The van der Waals surface area contributed by atoms with E-state index in [0.717, 1.165) is 17.8 Å². The van der Waals surface area contributed by atoms with Gasteiger partial charge < -0.3 is 19.1 Å². The SMILES string of the molecule is CCN(CC(=O)N1CCn2cccc2C1c1ccccc1)C(=O)c1ccccc1OC. The second-order valence-corrected chi connectivity index (χ2v) is 7.55. The molecule has 1 aliphatic heterocycles. The molecule has 3 aromatic rings. The van der Waals surface area contributed by atoms with E-state index in [1.54, 1.807) is 30.2 Å². The lowest BCUT2D eigenvalue weighted by Crippen LogP contribution is -2.48. The summed E-state index contributed by atoms with van der Waals surface area (Å²) in [7, 11) is 1.54. The number of benzene rings is 2. The van der Waals surface area contributed by atoms with Gasteiger partial charge in [0.2, 0.25) is 5.91 Å². The number of methoxy groups -OCH3 is 1. The minimum atomic E-state index is -0.204. The first kappa shape index (κ1) is 20.7. The molecular formula is C25H27N3O3. The fourth-order valence-electron chi connectivity index (χ4n) is 4.21. The van der Waals surface area contributed by atoms with Crippen LogP contribution in [-0.4, -0.2) is 52.9 Å². The van der Waals surface area contributed by atoms with Crippen molar-refractivity contribution in [3.8, 4) is 5.75 Å². The van der Waals surface area contributed by atoms with E-state index < -0.39 is 0 Å². The predicted molar refractivity (Wildman–Crippen MR) is 119 cm³/mol. The molecular weight excluding hydrogens is 390 g/mol. The van der Waals surface area contributed by atoms with Crippen LogP contribution in [0.5, 0.6) is 5.75 Å². The van der Waals surface area contributed by atoms with Crippen LogP contribution in [0, 0.1) is 0 Å². The summed E-state index contributed by atoms with van der Waals surface area (Å²) >= 11 is 0. The van der Waals surface area contributed by atoms with Crippen molar-refractivity contribution in [3.63, 3.8) is 0 Å². The zero-order valence-electron chi connectivity index (χ0n) is 17.9. The highest BCUT2D eigenvalue weighted by Crippen LogP contribution is 2.32. The summed E-state index contributed by atoms with van der Waals surface area (Å²) in [5, 5.41) is 0. The maximum Gasteiger partial charge on any atom is 0.258 e. The number of aromatic nitrogens is 1. The molecule has 0 radical (unpaired) electrons. The van der Waals surface area contributed by atoms with Crippen LogP contribution in [0.2, 0.25) is 0 Å².